The summed E-state index contributed by atoms with van der Waals surface area (Å²) in [5, 5.41) is 6.04. The molecule has 2 rings (SSSR count). The van der Waals surface area contributed by atoms with Crippen molar-refractivity contribution in [2.75, 3.05) is 25.5 Å². The molecule has 1 aromatic carbocycles. The molecule has 1 atom stereocenters. The number of aromatic nitrogens is 2. The van der Waals surface area contributed by atoms with Crippen LogP contribution in [0.1, 0.15) is 74.9 Å². The highest BCUT2D eigenvalue weighted by Crippen LogP contribution is 2.24. The average Bonchev–Trinajstić information content (AvgIpc) is 2.81. The summed E-state index contributed by atoms with van der Waals surface area (Å²) in [6, 6.07) is 7.61. The zero-order valence-electron chi connectivity index (χ0n) is 22.3. The van der Waals surface area contributed by atoms with Gasteiger partial charge in [-0.15, -0.1) is 0 Å². The summed E-state index contributed by atoms with van der Waals surface area (Å²) in [7, 11) is 1.52. The van der Waals surface area contributed by atoms with Crippen LogP contribution in [0.2, 0.25) is 0 Å². The first-order valence-electron chi connectivity index (χ1n) is 12.1. The largest absolute Gasteiger partial charge is 0.444 e. The molecule has 10 nitrogen and oxygen atoms in total. The first kappa shape index (κ1) is 28.5. The molecular formula is C26H38N6O4. The summed E-state index contributed by atoms with van der Waals surface area (Å²) >= 11 is 0. The van der Waals surface area contributed by atoms with Crippen LogP contribution in [-0.4, -0.2) is 58.5 Å². The standard InChI is InChI=1S/C26H38N6O4/c1-8-19-20(9-2)31-24(22(30-19)23(27)34)29-18-12-10-11-17(13-18)16(3)14-28-21(33)15-32(7)25(35)36-26(4,5)6/h10-13,16H,8-9,14-15H2,1-7H3,(H2,27,34)(H,28,33)(H,29,31)/t16-/m0/s1. The molecule has 0 radical (unpaired) electrons. The number of hydrogen-bond acceptors (Lipinski definition) is 7. The van der Waals surface area contributed by atoms with Crippen molar-refractivity contribution in [1.29, 1.82) is 0 Å². The summed E-state index contributed by atoms with van der Waals surface area (Å²) < 4.78 is 5.27. The van der Waals surface area contributed by atoms with Gasteiger partial charge in [-0.2, -0.15) is 0 Å². The number of amides is 3. The van der Waals surface area contributed by atoms with Gasteiger partial charge in [0.1, 0.15) is 12.1 Å². The summed E-state index contributed by atoms with van der Waals surface area (Å²) in [4.78, 5) is 46.7. The van der Waals surface area contributed by atoms with Gasteiger partial charge in [-0.05, 0) is 57.2 Å². The van der Waals surface area contributed by atoms with E-state index in [4.69, 9.17) is 10.5 Å². The third kappa shape index (κ3) is 8.21. The molecule has 0 fully saturated rings. The maximum absolute atomic E-state index is 12.3. The molecule has 2 aromatic rings. The predicted octanol–water partition coefficient (Wildman–Crippen LogP) is 3.53. The van der Waals surface area contributed by atoms with Crippen LogP contribution in [0, 0.1) is 0 Å². The van der Waals surface area contributed by atoms with Crippen LogP contribution >= 0.6 is 0 Å². The molecule has 10 heteroatoms. The normalized spacial score (nSPS) is 12.0. The Balaban J connectivity index is 2.06. The van der Waals surface area contributed by atoms with E-state index in [-0.39, 0.29) is 24.1 Å². The van der Waals surface area contributed by atoms with Gasteiger partial charge in [-0.25, -0.2) is 14.8 Å². The van der Waals surface area contributed by atoms with E-state index in [1.807, 2.05) is 45.0 Å². The van der Waals surface area contributed by atoms with Gasteiger partial charge in [0.2, 0.25) is 5.91 Å². The molecular weight excluding hydrogens is 460 g/mol. The fourth-order valence-corrected chi connectivity index (χ4v) is 3.45. The van der Waals surface area contributed by atoms with Crippen LogP contribution in [0.3, 0.4) is 0 Å². The van der Waals surface area contributed by atoms with Crippen molar-refractivity contribution in [2.45, 2.75) is 65.9 Å². The van der Waals surface area contributed by atoms with Crippen molar-refractivity contribution in [2.24, 2.45) is 5.73 Å². The highest BCUT2D eigenvalue weighted by Gasteiger charge is 2.21. The Bertz CT molecular complexity index is 1100. The summed E-state index contributed by atoms with van der Waals surface area (Å²) in [5.41, 5.74) is 8.29. The van der Waals surface area contributed by atoms with E-state index in [9.17, 15) is 14.4 Å². The van der Waals surface area contributed by atoms with Crippen molar-refractivity contribution in [3.63, 3.8) is 0 Å². The van der Waals surface area contributed by atoms with E-state index in [0.717, 1.165) is 22.6 Å². The first-order chi connectivity index (χ1) is 16.8. The zero-order chi connectivity index (χ0) is 27.0. The van der Waals surface area contributed by atoms with Gasteiger partial charge < -0.3 is 26.0 Å². The summed E-state index contributed by atoms with van der Waals surface area (Å²) in [6.07, 6.45) is 0.786. The Labute approximate surface area is 213 Å². The quantitative estimate of drug-likeness (QED) is 0.455. The average molecular weight is 499 g/mol. The number of aryl methyl sites for hydroxylation is 2. The number of anilines is 2. The number of likely N-dealkylation sites (N-methyl/N-ethyl adjacent to an activating group) is 1. The van der Waals surface area contributed by atoms with Crippen LogP contribution < -0.4 is 16.4 Å². The van der Waals surface area contributed by atoms with Gasteiger partial charge in [0.05, 0.1) is 11.4 Å². The Morgan fingerprint density at radius 1 is 1.11 bits per heavy atom. The lowest BCUT2D eigenvalue weighted by molar-refractivity contribution is -0.122. The minimum atomic E-state index is -0.647. The van der Waals surface area contributed by atoms with Crippen molar-refractivity contribution >= 4 is 29.4 Å². The maximum Gasteiger partial charge on any atom is 0.410 e. The Morgan fingerprint density at radius 3 is 2.33 bits per heavy atom. The number of primary amides is 1. The fourth-order valence-electron chi connectivity index (χ4n) is 3.45. The van der Waals surface area contributed by atoms with E-state index in [1.54, 1.807) is 20.8 Å². The number of nitrogens with zero attached hydrogens (tertiary/aromatic N) is 3. The van der Waals surface area contributed by atoms with Crippen LogP contribution in [0.5, 0.6) is 0 Å². The topological polar surface area (TPSA) is 140 Å². The van der Waals surface area contributed by atoms with Crippen LogP contribution in [0.4, 0.5) is 16.3 Å². The lowest BCUT2D eigenvalue weighted by Gasteiger charge is -2.24. The lowest BCUT2D eigenvalue weighted by Crippen LogP contribution is -2.41. The zero-order valence-corrected chi connectivity index (χ0v) is 22.3. The highest BCUT2D eigenvalue weighted by atomic mass is 16.6. The van der Waals surface area contributed by atoms with Gasteiger partial charge in [-0.1, -0.05) is 32.9 Å². The fraction of sp³-hybridized carbons (Fsp3) is 0.500. The molecule has 36 heavy (non-hydrogen) atoms. The molecule has 1 heterocycles. The predicted molar refractivity (Wildman–Crippen MR) is 139 cm³/mol. The molecule has 0 bridgehead atoms. The minimum absolute atomic E-state index is 0.0158. The van der Waals surface area contributed by atoms with Crippen molar-refractivity contribution in [3.05, 3.63) is 46.9 Å². The molecule has 1 aromatic heterocycles. The van der Waals surface area contributed by atoms with Crippen LogP contribution in [0.25, 0.3) is 0 Å². The van der Waals surface area contributed by atoms with Gasteiger partial charge in [0.25, 0.3) is 5.91 Å². The molecule has 0 unspecified atom stereocenters. The molecule has 0 saturated carbocycles. The number of rotatable bonds is 10. The number of carbonyl (C=O) groups is 3. The van der Waals surface area contributed by atoms with Gasteiger partial charge in [-0.3, -0.25) is 9.59 Å². The van der Waals surface area contributed by atoms with E-state index < -0.39 is 17.6 Å². The number of benzene rings is 1. The van der Waals surface area contributed by atoms with E-state index in [0.29, 0.717) is 25.2 Å². The molecule has 3 amide bonds. The SMILES string of the molecule is CCc1nc(Nc2cccc([C@@H](C)CNC(=O)CN(C)C(=O)OC(C)(C)C)c2)c(C(N)=O)nc1CC. The maximum atomic E-state index is 12.3. The smallest absolute Gasteiger partial charge is 0.410 e. The summed E-state index contributed by atoms with van der Waals surface area (Å²) in [6.45, 7) is 11.5. The molecule has 4 N–H and O–H groups in total. The molecule has 0 spiro atoms. The minimum Gasteiger partial charge on any atom is -0.444 e. The first-order valence-corrected chi connectivity index (χ1v) is 12.1. The number of carbonyl (C=O) groups excluding carboxylic acids is 3. The van der Waals surface area contributed by atoms with E-state index >= 15 is 0 Å². The van der Waals surface area contributed by atoms with Gasteiger partial charge >= 0.3 is 6.09 Å². The molecule has 0 aliphatic heterocycles. The second kappa shape index (κ2) is 12.3. The number of hydrogen-bond donors (Lipinski definition) is 3. The Kier molecular flexibility index (Phi) is 9.77. The van der Waals surface area contributed by atoms with Gasteiger partial charge in [0, 0.05) is 19.3 Å². The van der Waals surface area contributed by atoms with Crippen molar-refractivity contribution < 1.29 is 19.1 Å². The summed E-state index contributed by atoms with van der Waals surface area (Å²) in [5.74, 6) is -0.627. The van der Waals surface area contributed by atoms with Crippen LogP contribution in [0.15, 0.2) is 24.3 Å². The molecule has 0 aliphatic rings. The Hall–Kier alpha value is -3.69. The van der Waals surface area contributed by atoms with Crippen LogP contribution in [-0.2, 0) is 22.4 Å². The second-order valence-electron chi connectivity index (χ2n) is 9.68. The second-order valence-corrected chi connectivity index (χ2v) is 9.68. The van der Waals surface area contributed by atoms with E-state index in [1.165, 1.54) is 11.9 Å². The Morgan fingerprint density at radius 2 is 1.75 bits per heavy atom. The number of nitrogens with one attached hydrogen (secondary N) is 2. The number of nitrogens with two attached hydrogens (primary N) is 1. The van der Waals surface area contributed by atoms with Gasteiger partial charge in [0.15, 0.2) is 11.5 Å². The lowest BCUT2D eigenvalue weighted by atomic mass is 10.0. The highest BCUT2D eigenvalue weighted by molar-refractivity contribution is 5.96. The number of ether oxygens (including phenoxy) is 1. The third-order valence-corrected chi connectivity index (χ3v) is 5.36. The van der Waals surface area contributed by atoms with E-state index in [2.05, 4.69) is 20.6 Å². The molecule has 0 aliphatic carbocycles. The third-order valence-electron chi connectivity index (χ3n) is 5.36. The molecule has 0 saturated heterocycles. The van der Waals surface area contributed by atoms with Crippen molar-refractivity contribution in [1.82, 2.24) is 20.2 Å². The van der Waals surface area contributed by atoms with Crippen molar-refractivity contribution in [3.8, 4) is 0 Å². The monoisotopic (exact) mass is 498 g/mol. The molecule has 196 valence electrons.